The van der Waals surface area contributed by atoms with E-state index in [4.69, 9.17) is 0 Å². The smallest absolute Gasteiger partial charge is 0.391 e. The molecule has 0 spiro atoms. The van der Waals surface area contributed by atoms with Crippen molar-refractivity contribution in [1.82, 2.24) is 4.98 Å². The minimum Gasteiger partial charge on any atom is -0.391 e. The molecule has 18 heavy (non-hydrogen) atoms. The summed E-state index contributed by atoms with van der Waals surface area (Å²) in [4.78, 5) is 16.0. The Morgan fingerprint density at radius 1 is 1.50 bits per heavy atom. The molecule has 2 rings (SSSR count). The van der Waals surface area contributed by atoms with Crippen LogP contribution in [0, 0.1) is 0 Å². The molecule has 0 bridgehead atoms. The number of pyridine rings is 1. The summed E-state index contributed by atoms with van der Waals surface area (Å²) in [6.07, 6.45) is -4.57. The number of amides is 1. The zero-order valence-electron chi connectivity index (χ0n) is 8.91. The van der Waals surface area contributed by atoms with Crippen LogP contribution in [0.2, 0.25) is 0 Å². The van der Waals surface area contributed by atoms with E-state index in [1.165, 1.54) is 6.20 Å². The summed E-state index contributed by atoms with van der Waals surface area (Å²) >= 11 is 2.91. The van der Waals surface area contributed by atoms with Gasteiger partial charge in [0.05, 0.1) is 24.6 Å². The quantitative estimate of drug-likeness (QED) is 0.859. The van der Waals surface area contributed by atoms with Gasteiger partial charge in [-0.2, -0.15) is 13.2 Å². The van der Waals surface area contributed by atoms with Gasteiger partial charge in [0.1, 0.15) is 5.82 Å². The maximum Gasteiger partial charge on any atom is 0.420 e. The van der Waals surface area contributed by atoms with E-state index in [0.717, 1.165) is 11.0 Å². The number of anilines is 1. The van der Waals surface area contributed by atoms with E-state index >= 15 is 0 Å². The molecule has 0 aromatic carbocycles. The molecule has 1 aromatic heterocycles. The Morgan fingerprint density at radius 2 is 2.17 bits per heavy atom. The summed E-state index contributed by atoms with van der Waals surface area (Å²) in [5.41, 5.74) is -1.00. The average molecular weight is 325 g/mol. The number of alkyl halides is 3. The molecule has 0 saturated carbocycles. The maximum absolute atomic E-state index is 12.8. The fraction of sp³-hybridized carbons (Fsp3) is 0.400. The molecule has 1 amide bonds. The minimum atomic E-state index is -4.61. The number of hydrogen-bond donors (Lipinski definition) is 1. The van der Waals surface area contributed by atoms with Crippen molar-refractivity contribution in [3.8, 4) is 0 Å². The highest BCUT2D eigenvalue weighted by molar-refractivity contribution is 9.10. The van der Waals surface area contributed by atoms with Crippen LogP contribution in [-0.2, 0) is 11.0 Å². The second-order valence-electron chi connectivity index (χ2n) is 3.88. The van der Waals surface area contributed by atoms with Crippen LogP contribution in [0.1, 0.15) is 12.0 Å². The van der Waals surface area contributed by atoms with Crippen molar-refractivity contribution in [2.24, 2.45) is 0 Å². The summed E-state index contributed by atoms with van der Waals surface area (Å²) < 4.78 is 38.7. The first kappa shape index (κ1) is 13.3. The van der Waals surface area contributed by atoms with Crippen LogP contribution in [0.4, 0.5) is 19.0 Å². The van der Waals surface area contributed by atoms with E-state index in [-0.39, 0.29) is 17.4 Å². The Hall–Kier alpha value is -1.15. The highest BCUT2D eigenvalue weighted by Gasteiger charge is 2.40. The van der Waals surface area contributed by atoms with Gasteiger partial charge in [-0.15, -0.1) is 0 Å². The van der Waals surface area contributed by atoms with Gasteiger partial charge in [0.25, 0.3) is 0 Å². The number of aliphatic hydroxyl groups is 1. The zero-order chi connectivity index (χ0) is 13.5. The SMILES string of the molecule is O=C1CC(O)CN1c1ncc(Br)cc1C(F)(F)F. The van der Waals surface area contributed by atoms with Gasteiger partial charge >= 0.3 is 6.18 Å². The molecule has 1 fully saturated rings. The van der Waals surface area contributed by atoms with Crippen molar-refractivity contribution >= 4 is 27.7 Å². The molecule has 1 atom stereocenters. The lowest BCUT2D eigenvalue weighted by molar-refractivity contribution is -0.137. The van der Waals surface area contributed by atoms with Crippen LogP contribution >= 0.6 is 15.9 Å². The second kappa shape index (κ2) is 4.51. The Labute approximate surface area is 109 Å². The van der Waals surface area contributed by atoms with Gasteiger partial charge in [-0.25, -0.2) is 4.98 Å². The minimum absolute atomic E-state index is 0.170. The van der Waals surface area contributed by atoms with E-state index in [0.29, 0.717) is 0 Å². The number of hydrogen-bond acceptors (Lipinski definition) is 3. The van der Waals surface area contributed by atoms with Crippen LogP contribution < -0.4 is 4.90 Å². The van der Waals surface area contributed by atoms with Crippen molar-refractivity contribution in [2.75, 3.05) is 11.4 Å². The molecule has 98 valence electrons. The molecule has 1 aromatic rings. The van der Waals surface area contributed by atoms with Gasteiger partial charge in [-0.1, -0.05) is 0 Å². The summed E-state index contributed by atoms with van der Waals surface area (Å²) in [6, 6.07) is 0.861. The summed E-state index contributed by atoms with van der Waals surface area (Å²) in [5, 5.41) is 9.30. The lowest BCUT2D eigenvalue weighted by Gasteiger charge is -2.19. The number of aliphatic hydroxyl groups excluding tert-OH is 1. The fourth-order valence-corrected chi connectivity index (χ4v) is 2.08. The molecule has 1 aliphatic heterocycles. The predicted molar refractivity (Wildman–Crippen MR) is 59.9 cm³/mol. The molecule has 8 heteroatoms. The molecule has 1 N–H and O–H groups in total. The van der Waals surface area contributed by atoms with E-state index in [1.807, 2.05) is 0 Å². The Kier molecular flexibility index (Phi) is 3.33. The number of nitrogens with zero attached hydrogens (tertiary/aromatic N) is 2. The maximum atomic E-state index is 12.8. The van der Waals surface area contributed by atoms with Crippen molar-refractivity contribution < 1.29 is 23.1 Å². The van der Waals surface area contributed by atoms with Crippen LogP contribution in [-0.4, -0.2) is 28.6 Å². The van der Waals surface area contributed by atoms with E-state index in [2.05, 4.69) is 20.9 Å². The van der Waals surface area contributed by atoms with Gasteiger partial charge in [0, 0.05) is 10.7 Å². The highest BCUT2D eigenvalue weighted by Crippen LogP contribution is 2.37. The number of rotatable bonds is 1. The molecule has 0 radical (unpaired) electrons. The number of β-amino-alcohol motifs (C(OH)–C–C–N with tert-alkyl or cyclic N) is 1. The lowest BCUT2D eigenvalue weighted by Crippen LogP contribution is -2.29. The van der Waals surface area contributed by atoms with Crippen LogP contribution in [0.5, 0.6) is 0 Å². The van der Waals surface area contributed by atoms with E-state index < -0.39 is 29.6 Å². The molecule has 1 saturated heterocycles. The Balaban J connectivity index is 2.48. The van der Waals surface area contributed by atoms with E-state index in [9.17, 15) is 23.1 Å². The third-order valence-corrected chi connectivity index (χ3v) is 2.93. The van der Waals surface area contributed by atoms with Crippen LogP contribution in [0.25, 0.3) is 0 Å². The number of halogens is 4. The normalized spacial score (nSPS) is 20.6. The topological polar surface area (TPSA) is 53.4 Å². The van der Waals surface area contributed by atoms with Gasteiger partial charge in [0.15, 0.2) is 0 Å². The fourth-order valence-electron chi connectivity index (χ4n) is 1.75. The summed E-state index contributed by atoms with van der Waals surface area (Å²) in [6.45, 7) is -0.170. The van der Waals surface area contributed by atoms with Crippen molar-refractivity contribution in [3.63, 3.8) is 0 Å². The lowest BCUT2D eigenvalue weighted by atomic mass is 10.2. The molecule has 1 unspecified atom stereocenters. The molecule has 0 aliphatic carbocycles. The zero-order valence-corrected chi connectivity index (χ0v) is 10.5. The Bertz CT molecular complexity index is 493. The van der Waals surface area contributed by atoms with Gasteiger partial charge in [-0.3, -0.25) is 9.69 Å². The third-order valence-electron chi connectivity index (χ3n) is 2.50. The highest BCUT2D eigenvalue weighted by atomic mass is 79.9. The van der Waals surface area contributed by atoms with Gasteiger partial charge in [-0.05, 0) is 22.0 Å². The number of carbonyl (C=O) groups is 1. The van der Waals surface area contributed by atoms with E-state index in [1.54, 1.807) is 0 Å². The van der Waals surface area contributed by atoms with Crippen molar-refractivity contribution in [1.29, 1.82) is 0 Å². The molecule has 2 heterocycles. The van der Waals surface area contributed by atoms with Gasteiger partial charge < -0.3 is 5.11 Å². The average Bonchev–Trinajstić information content (AvgIpc) is 2.56. The standard InChI is InChI=1S/C10H8BrF3N2O2/c11-5-1-7(10(12,13)14)9(15-3-5)16-4-6(17)2-8(16)18/h1,3,6,17H,2,4H2. The monoisotopic (exact) mass is 324 g/mol. The Morgan fingerprint density at radius 3 is 2.67 bits per heavy atom. The first-order valence-corrected chi connectivity index (χ1v) is 5.79. The molecular formula is C10H8BrF3N2O2. The second-order valence-corrected chi connectivity index (χ2v) is 4.80. The van der Waals surface area contributed by atoms with Crippen LogP contribution in [0.15, 0.2) is 16.7 Å². The predicted octanol–water partition coefficient (Wildman–Crippen LogP) is 1.96. The number of carbonyl (C=O) groups excluding carboxylic acids is 1. The molecular weight excluding hydrogens is 317 g/mol. The number of aromatic nitrogens is 1. The summed E-state index contributed by atoms with van der Waals surface area (Å²) in [7, 11) is 0. The molecule has 1 aliphatic rings. The largest absolute Gasteiger partial charge is 0.420 e. The van der Waals surface area contributed by atoms with Gasteiger partial charge in [0.2, 0.25) is 5.91 Å². The van der Waals surface area contributed by atoms with Crippen LogP contribution in [0.3, 0.4) is 0 Å². The van der Waals surface area contributed by atoms with Crippen molar-refractivity contribution in [2.45, 2.75) is 18.7 Å². The first-order valence-electron chi connectivity index (χ1n) is 5.00. The summed E-state index contributed by atoms with van der Waals surface area (Å²) in [5.74, 6) is -1.03. The first-order chi connectivity index (χ1) is 8.29. The molecule has 4 nitrogen and oxygen atoms in total. The third kappa shape index (κ3) is 2.49. The van der Waals surface area contributed by atoms with Crippen molar-refractivity contribution in [3.05, 3.63) is 22.3 Å².